The molecule has 1 saturated carbocycles. The maximum atomic E-state index is 5.98. The van der Waals surface area contributed by atoms with Crippen molar-refractivity contribution >= 4 is 5.69 Å². The lowest BCUT2D eigenvalue weighted by Crippen LogP contribution is -2.29. The molecular formula is C14H21N3. The number of anilines is 1. The monoisotopic (exact) mass is 231 g/mol. The van der Waals surface area contributed by atoms with E-state index >= 15 is 0 Å². The lowest BCUT2D eigenvalue weighted by Gasteiger charge is -2.23. The van der Waals surface area contributed by atoms with E-state index in [4.69, 9.17) is 5.73 Å². The Morgan fingerprint density at radius 2 is 2.12 bits per heavy atom. The van der Waals surface area contributed by atoms with Crippen LogP contribution in [0.15, 0.2) is 18.2 Å². The molecule has 3 heteroatoms. The molecule has 1 fully saturated rings. The molecule has 1 aromatic carbocycles. The van der Waals surface area contributed by atoms with Crippen molar-refractivity contribution in [1.29, 1.82) is 0 Å². The van der Waals surface area contributed by atoms with Crippen LogP contribution in [0.25, 0.3) is 0 Å². The second-order valence-corrected chi connectivity index (χ2v) is 5.39. The normalized spacial score (nSPS) is 23.8. The first-order valence-electron chi connectivity index (χ1n) is 6.47. The van der Waals surface area contributed by atoms with Crippen LogP contribution in [0, 0.1) is 0 Å². The minimum Gasteiger partial charge on any atom is -0.377 e. The molecule has 17 heavy (non-hydrogen) atoms. The third-order valence-corrected chi connectivity index (χ3v) is 4.01. The van der Waals surface area contributed by atoms with Crippen LogP contribution in [0.3, 0.4) is 0 Å². The lowest BCUT2D eigenvalue weighted by atomic mass is 10.0. The topological polar surface area (TPSA) is 32.5 Å². The SMILES string of the molecule is CN(C)c1cccc2c1CN(C1CC1)C2CN. The van der Waals surface area contributed by atoms with E-state index in [-0.39, 0.29) is 0 Å². The predicted octanol–water partition coefficient (Wildman–Crippen LogP) is 1.73. The molecule has 0 bridgehead atoms. The first kappa shape index (κ1) is 11.1. The van der Waals surface area contributed by atoms with Gasteiger partial charge in [-0.3, -0.25) is 4.90 Å². The van der Waals surface area contributed by atoms with Gasteiger partial charge in [-0.05, 0) is 30.0 Å². The molecule has 2 N–H and O–H groups in total. The smallest absolute Gasteiger partial charge is 0.0480 e. The Labute approximate surface area is 103 Å². The number of fused-ring (bicyclic) bond motifs is 1. The minimum absolute atomic E-state index is 0.442. The second kappa shape index (κ2) is 4.00. The zero-order valence-corrected chi connectivity index (χ0v) is 10.7. The maximum Gasteiger partial charge on any atom is 0.0480 e. The molecule has 1 unspecified atom stereocenters. The Morgan fingerprint density at radius 1 is 1.35 bits per heavy atom. The van der Waals surface area contributed by atoms with Crippen molar-refractivity contribution in [1.82, 2.24) is 4.90 Å². The molecule has 1 aliphatic carbocycles. The third-order valence-electron chi connectivity index (χ3n) is 4.01. The van der Waals surface area contributed by atoms with Crippen LogP contribution in [0.5, 0.6) is 0 Å². The zero-order valence-electron chi connectivity index (χ0n) is 10.7. The summed E-state index contributed by atoms with van der Waals surface area (Å²) in [7, 11) is 4.24. The summed E-state index contributed by atoms with van der Waals surface area (Å²) in [5.74, 6) is 0. The quantitative estimate of drug-likeness (QED) is 0.860. The fourth-order valence-corrected chi connectivity index (χ4v) is 3.02. The summed E-state index contributed by atoms with van der Waals surface area (Å²) in [6.07, 6.45) is 2.70. The van der Waals surface area contributed by atoms with E-state index < -0.39 is 0 Å². The van der Waals surface area contributed by atoms with Gasteiger partial charge in [-0.1, -0.05) is 12.1 Å². The van der Waals surface area contributed by atoms with Gasteiger partial charge < -0.3 is 10.6 Å². The lowest BCUT2D eigenvalue weighted by molar-refractivity contribution is 0.209. The van der Waals surface area contributed by atoms with Gasteiger partial charge in [0.15, 0.2) is 0 Å². The standard InChI is InChI=1S/C14H21N3/c1-16(2)13-5-3-4-11-12(13)9-17(10-6-7-10)14(11)8-15/h3-5,10,14H,6-9,15H2,1-2H3. The Balaban J connectivity index is 2.01. The summed E-state index contributed by atoms with van der Waals surface area (Å²) in [6.45, 7) is 1.82. The molecule has 0 amide bonds. The van der Waals surface area contributed by atoms with E-state index in [1.807, 2.05) is 0 Å². The molecule has 3 nitrogen and oxygen atoms in total. The van der Waals surface area contributed by atoms with Crippen molar-refractivity contribution in [3.05, 3.63) is 29.3 Å². The van der Waals surface area contributed by atoms with Crippen molar-refractivity contribution in [3.8, 4) is 0 Å². The van der Waals surface area contributed by atoms with Gasteiger partial charge >= 0.3 is 0 Å². The first-order chi connectivity index (χ1) is 8.22. The van der Waals surface area contributed by atoms with E-state index in [2.05, 4.69) is 42.1 Å². The fraction of sp³-hybridized carbons (Fsp3) is 0.571. The summed E-state index contributed by atoms with van der Waals surface area (Å²) >= 11 is 0. The molecule has 1 heterocycles. The molecule has 3 rings (SSSR count). The number of nitrogens with zero attached hydrogens (tertiary/aromatic N) is 2. The van der Waals surface area contributed by atoms with E-state index in [0.717, 1.165) is 19.1 Å². The molecule has 1 aliphatic heterocycles. The zero-order chi connectivity index (χ0) is 12.0. The molecule has 0 saturated heterocycles. The van der Waals surface area contributed by atoms with Crippen molar-refractivity contribution in [2.45, 2.75) is 31.5 Å². The van der Waals surface area contributed by atoms with E-state index in [1.165, 1.54) is 29.7 Å². The molecular weight excluding hydrogens is 210 g/mol. The van der Waals surface area contributed by atoms with Crippen LogP contribution in [0.4, 0.5) is 5.69 Å². The van der Waals surface area contributed by atoms with Crippen LogP contribution in [-0.2, 0) is 6.54 Å². The molecule has 2 aliphatic rings. The number of nitrogens with two attached hydrogens (primary N) is 1. The summed E-state index contributed by atoms with van der Waals surface area (Å²) in [5.41, 5.74) is 10.3. The largest absolute Gasteiger partial charge is 0.377 e. The minimum atomic E-state index is 0.442. The van der Waals surface area contributed by atoms with Gasteiger partial charge in [0.2, 0.25) is 0 Å². The Kier molecular flexibility index (Phi) is 2.60. The van der Waals surface area contributed by atoms with Gasteiger partial charge in [-0.25, -0.2) is 0 Å². The Morgan fingerprint density at radius 3 is 2.71 bits per heavy atom. The van der Waals surface area contributed by atoms with Crippen LogP contribution >= 0.6 is 0 Å². The van der Waals surface area contributed by atoms with E-state index in [1.54, 1.807) is 0 Å². The van der Waals surface area contributed by atoms with Gasteiger partial charge in [0, 0.05) is 45.0 Å². The van der Waals surface area contributed by atoms with Gasteiger partial charge in [0.1, 0.15) is 0 Å². The fourth-order valence-electron chi connectivity index (χ4n) is 3.02. The second-order valence-electron chi connectivity index (χ2n) is 5.39. The van der Waals surface area contributed by atoms with Gasteiger partial charge in [0.25, 0.3) is 0 Å². The average Bonchev–Trinajstić information content (AvgIpc) is 3.08. The van der Waals surface area contributed by atoms with Gasteiger partial charge in [-0.15, -0.1) is 0 Å². The molecule has 0 spiro atoms. The number of hydrogen-bond donors (Lipinski definition) is 1. The van der Waals surface area contributed by atoms with E-state index in [9.17, 15) is 0 Å². The van der Waals surface area contributed by atoms with Crippen LogP contribution in [0.1, 0.15) is 30.0 Å². The van der Waals surface area contributed by atoms with Gasteiger partial charge in [-0.2, -0.15) is 0 Å². The molecule has 0 radical (unpaired) electrons. The average molecular weight is 231 g/mol. The predicted molar refractivity (Wildman–Crippen MR) is 71.1 cm³/mol. The molecule has 1 aromatic rings. The third kappa shape index (κ3) is 1.74. The highest BCUT2D eigenvalue weighted by Gasteiger charge is 2.39. The summed E-state index contributed by atoms with van der Waals surface area (Å²) in [5, 5.41) is 0. The maximum absolute atomic E-state index is 5.98. The highest BCUT2D eigenvalue weighted by molar-refractivity contribution is 5.58. The van der Waals surface area contributed by atoms with Crippen LogP contribution in [0.2, 0.25) is 0 Å². The van der Waals surface area contributed by atoms with Crippen molar-refractivity contribution in [2.75, 3.05) is 25.5 Å². The van der Waals surface area contributed by atoms with E-state index in [0.29, 0.717) is 6.04 Å². The molecule has 1 atom stereocenters. The number of rotatable bonds is 3. The van der Waals surface area contributed by atoms with Crippen molar-refractivity contribution < 1.29 is 0 Å². The first-order valence-corrected chi connectivity index (χ1v) is 6.47. The summed E-state index contributed by atoms with van der Waals surface area (Å²) in [4.78, 5) is 4.81. The Bertz CT molecular complexity index is 423. The van der Waals surface area contributed by atoms with Crippen molar-refractivity contribution in [3.63, 3.8) is 0 Å². The highest BCUT2D eigenvalue weighted by atomic mass is 15.2. The highest BCUT2D eigenvalue weighted by Crippen LogP contribution is 2.43. The molecule has 0 aromatic heterocycles. The summed E-state index contributed by atoms with van der Waals surface area (Å²) in [6, 6.07) is 7.85. The van der Waals surface area contributed by atoms with Crippen LogP contribution in [-0.4, -0.2) is 31.6 Å². The number of hydrogen-bond acceptors (Lipinski definition) is 3. The Hall–Kier alpha value is -1.06. The number of benzene rings is 1. The summed E-state index contributed by atoms with van der Waals surface area (Å²) < 4.78 is 0. The van der Waals surface area contributed by atoms with Crippen LogP contribution < -0.4 is 10.6 Å². The molecule has 92 valence electrons. The van der Waals surface area contributed by atoms with Crippen molar-refractivity contribution in [2.24, 2.45) is 5.73 Å². The van der Waals surface area contributed by atoms with Gasteiger partial charge in [0.05, 0.1) is 0 Å².